The van der Waals surface area contributed by atoms with Crippen molar-refractivity contribution >= 4 is 160 Å². The quantitative estimate of drug-likeness (QED) is 0.0338. The fraction of sp³-hybridized carbons (Fsp3) is 0.373. The summed E-state index contributed by atoms with van der Waals surface area (Å²) in [6.45, 7) is 9.80. The van der Waals surface area contributed by atoms with E-state index in [2.05, 4.69) is 0 Å². The van der Waals surface area contributed by atoms with Gasteiger partial charge in [0.1, 0.15) is 23.0 Å². The van der Waals surface area contributed by atoms with Crippen molar-refractivity contribution in [3.63, 3.8) is 0 Å². The number of hydrogen-bond donors (Lipinski definition) is 0. The van der Waals surface area contributed by atoms with Gasteiger partial charge in [0.05, 0.1) is 117 Å². The lowest BCUT2D eigenvalue weighted by Crippen LogP contribution is -2.41. The lowest BCUT2D eigenvalue weighted by atomic mass is 10.1. The van der Waals surface area contributed by atoms with Gasteiger partial charge in [0.15, 0.2) is 23.1 Å². The first-order valence-corrected chi connectivity index (χ1v) is 48.7. The Morgan fingerprint density at radius 2 is 0.514 bits per heavy atom. The van der Waals surface area contributed by atoms with Gasteiger partial charge < -0.3 is 38.5 Å². The Morgan fingerprint density at radius 1 is 0.279 bits per heavy atom. The van der Waals surface area contributed by atoms with Crippen LogP contribution in [0, 0.1) is 0 Å². The van der Waals surface area contributed by atoms with Crippen LogP contribution in [0.2, 0.25) is 30.1 Å². The van der Waals surface area contributed by atoms with Gasteiger partial charge in [0.2, 0.25) is 23.6 Å². The second-order valence-electron chi connectivity index (χ2n) is 34.0. The predicted octanol–water partition coefficient (Wildman–Crippen LogP) is 14.5. The summed E-state index contributed by atoms with van der Waals surface area (Å²) in [5.41, 5.74) is -1.57. The van der Waals surface area contributed by atoms with Crippen molar-refractivity contribution in [1.82, 2.24) is 56.1 Å². The molecule has 38 heteroatoms. The molecular weight excluding hydrogens is 1930 g/mol. The molecule has 0 spiro atoms. The van der Waals surface area contributed by atoms with Gasteiger partial charge >= 0.3 is 22.8 Å². The summed E-state index contributed by atoms with van der Waals surface area (Å²) in [6.07, 6.45) is 10.4. The van der Waals surface area contributed by atoms with Crippen molar-refractivity contribution in [3.8, 4) is 23.0 Å². The number of rotatable bonds is 34. The molecule has 4 saturated heterocycles. The molecular formula is C102H106Cl6N12O20. The van der Waals surface area contributed by atoms with E-state index in [0.29, 0.717) is 137 Å². The highest BCUT2D eigenvalue weighted by Gasteiger charge is 2.28. The largest absolute Gasteiger partial charge is 0.495 e. The topological polar surface area (TPSA) is 362 Å². The number of hydrogen-bond acceptors (Lipinski definition) is 20. The third-order valence-corrected chi connectivity index (χ3v) is 26.5. The van der Waals surface area contributed by atoms with E-state index >= 15 is 0 Å². The maximum absolute atomic E-state index is 13.4. The lowest BCUT2D eigenvalue weighted by Gasteiger charge is -2.16. The Balaban J connectivity index is 0.000000157. The fourth-order valence-electron chi connectivity index (χ4n) is 17.5. The van der Waals surface area contributed by atoms with E-state index in [1.165, 1.54) is 68.9 Å². The number of carbonyl (C=O) groups is 8. The average Bonchev–Trinajstić information content (AvgIpc) is 0.966. The Labute approximate surface area is 833 Å². The number of fused-ring (bicyclic) bond motifs is 4. The molecule has 736 valence electrons. The van der Waals surface area contributed by atoms with Crippen LogP contribution in [-0.2, 0) is 71.5 Å². The zero-order valence-electron chi connectivity index (χ0n) is 77.9. The van der Waals surface area contributed by atoms with Crippen LogP contribution < -0.4 is 63.9 Å². The van der Waals surface area contributed by atoms with E-state index in [-0.39, 0.29) is 146 Å². The molecule has 0 radical (unpaired) electrons. The molecule has 4 aromatic heterocycles. The van der Waals surface area contributed by atoms with Gasteiger partial charge in [-0.3, -0.25) is 94.1 Å². The van der Waals surface area contributed by atoms with Gasteiger partial charge in [-0.15, -0.1) is 0 Å². The zero-order valence-corrected chi connectivity index (χ0v) is 82.4. The van der Waals surface area contributed by atoms with E-state index in [0.717, 1.165) is 122 Å². The van der Waals surface area contributed by atoms with Crippen LogP contribution in [0.25, 0.3) is 43.6 Å². The molecule has 0 saturated carbocycles. The van der Waals surface area contributed by atoms with Gasteiger partial charge in [-0.25, -0.2) is 19.2 Å². The van der Waals surface area contributed by atoms with Crippen LogP contribution in [0.4, 0.5) is 0 Å². The molecule has 4 amide bonds. The zero-order chi connectivity index (χ0) is 100. The molecule has 4 aliphatic rings. The molecule has 0 unspecified atom stereocenters. The van der Waals surface area contributed by atoms with E-state index in [1.807, 2.05) is 28.5 Å². The number of likely N-dealkylation sites (tertiary alicyclic amines) is 4. The molecule has 32 nitrogen and oxygen atoms in total. The van der Waals surface area contributed by atoms with E-state index in [9.17, 15) is 76.7 Å². The maximum Gasteiger partial charge on any atom is 0.331 e. The third-order valence-electron chi connectivity index (χ3n) is 24.8. The van der Waals surface area contributed by atoms with Crippen LogP contribution >= 0.6 is 69.6 Å². The number of benzene rings is 8. The summed E-state index contributed by atoms with van der Waals surface area (Å²) in [6, 6.07) is 41.4. The second kappa shape index (κ2) is 48.7. The number of aromatic nitrogens is 8. The van der Waals surface area contributed by atoms with Crippen molar-refractivity contribution in [3.05, 3.63) is 293 Å². The highest BCUT2D eigenvalue weighted by atomic mass is 35.5. The fourth-order valence-corrected chi connectivity index (χ4v) is 18.8. The highest BCUT2D eigenvalue weighted by Crippen LogP contribution is 2.32. The smallest absolute Gasteiger partial charge is 0.331 e. The maximum atomic E-state index is 13.4. The summed E-state index contributed by atoms with van der Waals surface area (Å²) in [7, 11) is 2.96. The monoisotopic (exact) mass is 2030 g/mol. The SMILES string of the molecule is CCOc1ccc(C(=O)Cn2c(=O)n(CCCC(=O)N3CCCC3)c(=O)c3cc(Cl)ccc32)cc1Cl.CCOc1ccc(C(=O)Cn2c(=O)n(CCCC(=O)N3CCCC3)c(=O)c3ccccc32)cc1Cl.COc1ccc(C(=O)Cn2c(=O)n(CCCC(=O)N3CCCC3)c(=O)c3cc(Cl)ccc32)cc1Cl.COc1ccc(C(=O)Cn2c(=O)n(CCCC(=O)N3CCCC3)c(=O)c3ccccc32)cc1Cl. The molecule has 140 heavy (non-hydrogen) atoms. The second-order valence-corrected chi connectivity index (χ2v) is 36.5. The van der Waals surface area contributed by atoms with Gasteiger partial charge in [-0.1, -0.05) is 93.9 Å². The normalized spacial score (nSPS) is 13.4. The van der Waals surface area contributed by atoms with Gasteiger partial charge in [0.25, 0.3) is 22.2 Å². The molecule has 4 aliphatic heterocycles. The number of methoxy groups -OCH3 is 2. The summed E-state index contributed by atoms with van der Waals surface area (Å²) < 4.78 is 30.6. The minimum absolute atomic E-state index is 0.0197. The number of carbonyl (C=O) groups excluding carboxylic acids is 8. The number of ether oxygens (including phenoxy) is 4. The molecule has 0 N–H and O–H groups in total. The molecule has 4 fully saturated rings. The van der Waals surface area contributed by atoms with Gasteiger partial charge in [-0.2, -0.15) is 0 Å². The standard InChI is InChI=1S/C26H27Cl2N3O5.C26H28ClN3O5.C25H25Cl2N3O5.C25H26ClN3O5/c1-2-36-23-10-7-17(14-20(23)28)22(32)16-31-21-9-8-18(27)15-19(21)25(34)30(26(31)35)13-5-6-24(33)29-11-3-4-12-29;1-2-35-23-12-11-18(16-20(23)27)22(31)17-30-21-9-4-3-8-19(21)25(33)29(26(30)34)15-7-10-24(32)28-13-5-6-14-28;1-35-22-9-6-16(13-19(22)27)21(31)15-30-20-8-7-17(26)14-18(20)24(33)29(25(30)34)12-4-5-23(32)28-10-2-3-11-28;1-34-22-11-10-17(15-19(22)26)21(30)16-29-20-8-3-2-7-18(20)24(32)28(25(29)33)14-6-9-23(31)27-12-4-5-13-27/h7-10,14-15H,2-6,11-13,16H2,1H3;3-4,8-9,11-12,16H,2,5-7,10,13-15,17H2,1H3;6-9,13-14H,2-5,10-12,15H2,1H3;2-3,7-8,10-11,15H,4-6,9,12-14,16H2,1H3. The molecule has 0 bridgehead atoms. The van der Waals surface area contributed by atoms with E-state index < -0.39 is 45.0 Å². The van der Waals surface area contributed by atoms with Crippen LogP contribution in [0.5, 0.6) is 23.0 Å². The molecule has 8 aromatic carbocycles. The van der Waals surface area contributed by atoms with Gasteiger partial charge in [0, 0.05) is 137 Å². The first-order valence-electron chi connectivity index (χ1n) is 46.5. The van der Waals surface area contributed by atoms with Crippen LogP contribution in [0.3, 0.4) is 0 Å². The van der Waals surface area contributed by atoms with Crippen LogP contribution in [-0.4, -0.2) is 183 Å². The molecule has 0 aliphatic carbocycles. The first kappa shape index (κ1) is 104. The molecule has 8 heterocycles. The van der Waals surface area contributed by atoms with Crippen LogP contribution in [0.15, 0.2) is 196 Å². The summed E-state index contributed by atoms with van der Waals surface area (Å²) in [5.74, 6) is 0.569. The van der Waals surface area contributed by atoms with Crippen molar-refractivity contribution in [2.45, 2.75) is 169 Å². The Morgan fingerprint density at radius 3 is 0.757 bits per heavy atom. The van der Waals surface area contributed by atoms with Crippen LogP contribution in [0.1, 0.15) is 158 Å². The average molecular weight is 2030 g/mol. The predicted molar refractivity (Wildman–Crippen MR) is 539 cm³/mol. The lowest BCUT2D eigenvalue weighted by molar-refractivity contribution is -0.131. The van der Waals surface area contributed by atoms with Crippen molar-refractivity contribution < 1.29 is 57.3 Å². The van der Waals surface area contributed by atoms with Crippen molar-refractivity contribution in [1.29, 1.82) is 0 Å². The molecule has 0 atom stereocenters. The molecule has 12 aromatic rings. The number of para-hydroxylation sites is 2. The number of nitrogens with zero attached hydrogens (tertiary/aromatic N) is 12. The summed E-state index contributed by atoms with van der Waals surface area (Å²) >= 11 is 37.0. The number of halogens is 6. The van der Waals surface area contributed by atoms with E-state index in [4.69, 9.17) is 88.6 Å². The highest BCUT2D eigenvalue weighted by molar-refractivity contribution is 6.34. The Hall–Kier alpha value is -13.0. The van der Waals surface area contributed by atoms with Gasteiger partial charge in [-0.05, 0) is 224 Å². The Kier molecular flexibility index (Phi) is 36.3. The number of ketones is 4. The number of amides is 4. The number of Topliss-reactive ketones (excluding diaryl/α,β-unsaturated/α-hetero) is 4. The van der Waals surface area contributed by atoms with Crippen molar-refractivity contribution in [2.24, 2.45) is 0 Å². The first-order chi connectivity index (χ1) is 67.4. The van der Waals surface area contributed by atoms with E-state index in [1.54, 1.807) is 126 Å². The Bertz CT molecular complexity index is 7260. The van der Waals surface area contributed by atoms with Crippen molar-refractivity contribution in [2.75, 3.05) is 79.8 Å². The minimum Gasteiger partial charge on any atom is -0.495 e. The molecule has 16 rings (SSSR count). The summed E-state index contributed by atoms with van der Waals surface area (Å²) in [5, 5.41) is 2.97. The summed E-state index contributed by atoms with van der Waals surface area (Å²) in [4.78, 5) is 215. The minimum atomic E-state index is -0.619. The third kappa shape index (κ3) is 25.1.